The van der Waals surface area contributed by atoms with Crippen LogP contribution in [0.5, 0.6) is 0 Å². The van der Waals surface area contributed by atoms with E-state index in [1.165, 1.54) is 0 Å². The average molecular weight is 240 g/mol. The van der Waals surface area contributed by atoms with Gasteiger partial charge in [0.2, 0.25) is 5.91 Å². The van der Waals surface area contributed by atoms with Crippen LogP contribution in [0.2, 0.25) is 0 Å². The van der Waals surface area contributed by atoms with E-state index in [0.29, 0.717) is 5.57 Å². The van der Waals surface area contributed by atoms with Crippen molar-refractivity contribution in [3.05, 3.63) is 53.9 Å². The summed E-state index contributed by atoms with van der Waals surface area (Å²) in [6.07, 6.45) is 8.97. The van der Waals surface area contributed by atoms with Gasteiger partial charge in [-0.2, -0.15) is 5.10 Å². The number of carbonyl (C=O) groups is 1. The van der Waals surface area contributed by atoms with Crippen molar-refractivity contribution in [1.82, 2.24) is 10.4 Å². The molecule has 3 rings (SSSR count). The van der Waals surface area contributed by atoms with Gasteiger partial charge < -0.3 is 11.2 Å². The third-order valence-corrected chi connectivity index (χ3v) is 3.14. The Labute approximate surface area is 104 Å². The molecule has 5 heteroatoms. The molecule has 0 spiro atoms. The molecule has 0 fully saturated rings. The molecule has 0 saturated heterocycles. The summed E-state index contributed by atoms with van der Waals surface area (Å²) < 4.78 is 0. The van der Waals surface area contributed by atoms with Crippen LogP contribution in [0.4, 0.5) is 0 Å². The van der Waals surface area contributed by atoms with Gasteiger partial charge in [-0.25, -0.2) is 0 Å². The lowest BCUT2D eigenvalue weighted by molar-refractivity contribution is -0.114. The van der Waals surface area contributed by atoms with Crippen molar-refractivity contribution in [3.8, 4) is 0 Å². The number of fused-ring (bicyclic) bond motifs is 1. The first-order chi connectivity index (χ1) is 8.75. The maximum absolute atomic E-state index is 11.2. The fourth-order valence-corrected chi connectivity index (χ4v) is 2.21. The first-order valence-electron chi connectivity index (χ1n) is 5.69. The molecule has 1 aromatic rings. The van der Waals surface area contributed by atoms with Crippen LogP contribution in [-0.2, 0) is 4.79 Å². The molecule has 1 aliphatic carbocycles. The largest absolute Gasteiger partial charge is 0.366 e. The van der Waals surface area contributed by atoms with Crippen molar-refractivity contribution in [2.24, 2.45) is 16.8 Å². The maximum atomic E-state index is 11.2. The van der Waals surface area contributed by atoms with Gasteiger partial charge in [-0.3, -0.25) is 9.78 Å². The molecule has 90 valence electrons. The molecule has 1 aliphatic heterocycles. The normalized spacial score (nSPS) is 24.9. The Hall–Kier alpha value is -2.43. The Morgan fingerprint density at radius 2 is 2.11 bits per heavy atom. The molecule has 0 bridgehead atoms. The number of nitrogens with zero attached hydrogens (tertiary/aromatic N) is 2. The van der Waals surface area contributed by atoms with Gasteiger partial charge in [0.1, 0.15) is 0 Å². The van der Waals surface area contributed by atoms with E-state index in [1.807, 2.05) is 24.3 Å². The third-order valence-electron chi connectivity index (χ3n) is 3.14. The molecular formula is C13H12N4O. The Bertz CT molecular complexity index is 574. The van der Waals surface area contributed by atoms with E-state index in [2.05, 4.69) is 15.5 Å². The second-order valence-corrected chi connectivity index (χ2v) is 4.26. The van der Waals surface area contributed by atoms with Crippen LogP contribution in [0.1, 0.15) is 5.56 Å². The second kappa shape index (κ2) is 4.10. The first-order valence-corrected chi connectivity index (χ1v) is 5.69. The number of primary amides is 1. The molecule has 2 aliphatic rings. The Morgan fingerprint density at radius 3 is 2.83 bits per heavy atom. The smallest absolute Gasteiger partial charge is 0.248 e. The highest BCUT2D eigenvalue weighted by Gasteiger charge is 2.31. The van der Waals surface area contributed by atoms with Crippen LogP contribution in [0.3, 0.4) is 0 Å². The van der Waals surface area contributed by atoms with Gasteiger partial charge in [-0.05, 0) is 12.1 Å². The van der Waals surface area contributed by atoms with Crippen molar-refractivity contribution in [2.75, 3.05) is 0 Å². The molecule has 0 saturated carbocycles. The fourth-order valence-electron chi connectivity index (χ4n) is 2.21. The fraction of sp³-hybridized carbons (Fsp3) is 0.154. The van der Waals surface area contributed by atoms with Crippen LogP contribution in [0.15, 0.2) is 53.4 Å². The Balaban J connectivity index is 1.96. The summed E-state index contributed by atoms with van der Waals surface area (Å²) in [7, 11) is 0. The van der Waals surface area contributed by atoms with Crippen molar-refractivity contribution in [3.63, 3.8) is 0 Å². The van der Waals surface area contributed by atoms with Gasteiger partial charge in [-0.1, -0.05) is 18.2 Å². The topological polar surface area (TPSA) is 80.4 Å². The van der Waals surface area contributed by atoms with Crippen molar-refractivity contribution < 1.29 is 4.79 Å². The molecule has 2 atom stereocenters. The molecule has 0 radical (unpaired) electrons. The predicted octanol–water partition coefficient (Wildman–Crippen LogP) is 0.355. The number of hydrazone groups is 1. The van der Waals surface area contributed by atoms with Crippen LogP contribution in [0.25, 0.3) is 0 Å². The number of rotatable bonds is 2. The number of aromatic nitrogens is 1. The monoisotopic (exact) mass is 240 g/mol. The van der Waals surface area contributed by atoms with Crippen molar-refractivity contribution in [1.29, 1.82) is 0 Å². The van der Waals surface area contributed by atoms with Gasteiger partial charge in [-0.15, -0.1) is 0 Å². The highest BCUT2D eigenvalue weighted by atomic mass is 16.1. The minimum Gasteiger partial charge on any atom is -0.366 e. The van der Waals surface area contributed by atoms with E-state index in [1.54, 1.807) is 18.5 Å². The van der Waals surface area contributed by atoms with Gasteiger partial charge in [0, 0.05) is 29.4 Å². The number of nitrogens with one attached hydrogen (secondary N) is 1. The lowest BCUT2D eigenvalue weighted by atomic mass is 9.86. The quantitative estimate of drug-likeness (QED) is 0.783. The molecule has 1 amide bonds. The summed E-state index contributed by atoms with van der Waals surface area (Å²) in [4.78, 5) is 15.2. The van der Waals surface area contributed by atoms with Gasteiger partial charge >= 0.3 is 0 Å². The zero-order valence-corrected chi connectivity index (χ0v) is 9.58. The highest BCUT2D eigenvalue weighted by Crippen LogP contribution is 2.25. The summed E-state index contributed by atoms with van der Waals surface area (Å²) in [5, 5.41) is 4.34. The highest BCUT2D eigenvalue weighted by molar-refractivity contribution is 6.06. The lowest BCUT2D eigenvalue weighted by Gasteiger charge is -2.18. The molecule has 2 unspecified atom stereocenters. The minimum atomic E-state index is -0.411. The van der Waals surface area contributed by atoms with E-state index in [4.69, 9.17) is 5.73 Å². The standard InChI is InChI=1S/C13H12N4O/c14-13(18)9-1-2-11-10(7-9)12(17-16-11)8-3-5-15-6-4-8/h1-7,10-11,16H,(H2,14,18). The summed E-state index contributed by atoms with van der Waals surface area (Å²) >= 11 is 0. The Kier molecular flexibility index (Phi) is 2.44. The molecule has 1 aromatic heterocycles. The van der Waals surface area contributed by atoms with E-state index in [9.17, 15) is 4.79 Å². The van der Waals surface area contributed by atoms with Crippen LogP contribution in [-0.4, -0.2) is 22.6 Å². The van der Waals surface area contributed by atoms with Crippen molar-refractivity contribution in [2.45, 2.75) is 6.04 Å². The number of hydrogen-bond acceptors (Lipinski definition) is 4. The maximum Gasteiger partial charge on any atom is 0.248 e. The van der Waals surface area contributed by atoms with Crippen molar-refractivity contribution >= 4 is 11.6 Å². The van der Waals surface area contributed by atoms with E-state index in [-0.39, 0.29) is 12.0 Å². The molecule has 5 nitrogen and oxygen atoms in total. The van der Waals surface area contributed by atoms with E-state index >= 15 is 0 Å². The number of pyridine rings is 1. The van der Waals surface area contributed by atoms with Crippen LogP contribution in [0, 0.1) is 5.92 Å². The summed E-state index contributed by atoms with van der Waals surface area (Å²) in [5.41, 5.74) is 10.8. The summed E-state index contributed by atoms with van der Waals surface area (Å²) in [6, 6.07) is 3.90. The molecule has 2 heterocycles. The Morgan fingerprint density at radius 1 is 1.33 bits per heavy atom. The second-order valence-electron chi connectivity index (χ2n) is 4.26. The SMILES string of the molecule is NC(=O)C1=CC2C(c3ccncc3)=NNC2C=C1. The zero-order chi connectivity index (χ0) is 12.5. The zero-order valence-electron chi connectivity index (χ0n) is 9.58. The molecule has 3 N–H and O–H groups in total. The van der Waals surface area contributed by atoms with E-state index in [0.717, 1.165) is 11.3 Å². The lowest BCUT2D eigenvalue weighted by Crippen LogP contribution is -2.30. The minimum absolute atomic E-state index is 0.0416. The third kappa shape index (κ3) is 1.69. The van der Waals surface area contributed by atoms with Crippen LogP contribution < -0.4 is 11.2 Å². The van der Waals surface area contributed by atoms with Gasteiger partial charge in [0.05, 0.1) is 11.8 Å². The van der Waals surface area contributed by atoms with E-state index < -0.39 is 5.91 Å². The average Bonchev–Trinajstić information content (AvgIpc) is 2.82. The van der Waals surface area contributed by atoms with Gasteiger partial charge in [0.15, 0.2) is 0 Å². The van der Waals surface area contributed by atoms with Crippen LogP contribution >= 0.6 is 0 Å². The number of hydrogen-bond donors (Lipinski definition) is 2. The summed E-state index contributed by atoms with van der Waals surface area (Å²) in [6.45, 7) is 0. The number of nitrogens with two attached hydrogens (primary N) is 1. The molecule has 18 heavy (non-hydrogen) atoms. The van der Waals surface area contributed by atoms with Gasteiger partial charge in [0.25, 0.3) is 0 Å². The summed E-state index contributed by atoms with van der Waals surface area (Å²) in [5.74, 6) is -0.370. The number of amides is 1. The predicted molar refractivity (Wildman–Crippen MR) is 67.6 cm³/mol. The molecular weight excluding hydrogens is 228 g/mol. The molecule has 0 aromatic carbocycles. The number of carbonyl (C=O) groups excluding carboxylic acids is 1. The first kappa shape index (κ1) is 10.7.